The first-order valence-corrected chi connectivity index (χ1v) is 16.0. The summed E-state index contributed by atoms with van der Waals surface area (Å²) in [6.45, 7) is 4.30. The van der Waals surface area contributed by atoms with E-state index in [9.17, 15) is 14.4 Å². The van der Waals surface area contributed by atoms with E-state index < -0.39 is 17.9 Å². The normalized spacial score (nSPS) is 15.8. The average Bonchev–Trinajstić information content (AvgIpc) is 3.78. The van der Waals surface area contributed by atoms with Gasteiger partial charge in [-0.3, -0.25) is 14.4 Å². The Bertz CT molecular complexity index is 1920. The summed E-state index contributed by atoms with van der Waals surface area (Å²) in [7, 11) is 1.56. The van der Waals surface area contributed by atoms with Crippen molar-refractivity contribution < 1.29 is 28.3 Å². The van der Waals surface area contributed by atoms with Gasteiger partial charge in [0, 0.05) is 29.8 Å². The first-order valence-electron chi connectivity index (χ1n) is 16.0. The molecule has 0 saturated carbocycles. The lowest BCUT2D eigenvalue weighted by Gasteiger charge is -2.26. The highest BCUT2D eigenvalue weighted by Crippen LogP contribution is 2.27. The van der Waals surface area contributed by atoms with Crippen molar-refractivity contribution >= 4 is 17.7 Å². The van der Waals surface area contributed by atoms with Crippen molar-refractivity contribution in [3.8, 4) is 34.2 Å². The molecule has 1 aliphatic rings. The van der Waals surface area contributed by atoms with Gasteiger partial charge in [-0.2, -0.15) is 5.10 Å². The second-order valence-corrected chi connectivity index (χ2v) is 11.8. The maximum Gasteiger partial charge on any atom is 0.277 e. The van der Waals surface area contributed by atoms with Crippen LogP contribution in [-0.4, -0.2) is 75.7 Å². The van der Waals surface area contributed by atoms with Crippen LogP contribution in [0.2, 0.25) is 0 Å². The number of hydrogen-bond acceptors (Lipinski definition) is 9. The molecule has 6 rings (SSSR count). The fourth-order valence-electron chi connectivity index (χ4n) is 5.51. The van der Waals surface area contributed by atoms with Gasteiger partial charge in [0.1, 0.15) is 18.1 Å². The van der Waals surface area contributed by atoms with Crippen LogP contribution in [0, 0.1) is 5.92 Å². The number of benzene rings is 3. The molecule has 3 heterocycles. The molecule has 3 aromatic carbocycles. The van der Waals surface area contributed by atoms with Gasteiger partial charge in [0.05, 0.1) is 26.2 Å². The molecule has 13 heteroatoms. The van der Waals surface area contributed by atoms with E-state index in [1.807, 2.05) is 44.2 Å². The van der Waals surface area contributed by atoms with Crippen molar-refractivity contribution in [2.24, 2.45) is 5.92 Å². The number of rotatable bonds is 5. The van der Waals surface area contributed by atoms with Crippen LogP contribution in [0.4, 0.5) is 0 Å². The van der Waals surface area contributed by atoms with E-state index in [-0.39, 0.29) is 49.5 Å². The van der Waals surface area contributed by atoms with Crippen molar-refractivity contribution in [2.45, 2.75) is 26.4 Å². The molecule has 3 amide bonds. The number of oxazole rings is 1. The Kier molecular flexibility index (Phi) is 9.98. The molecular weight excluding hydrogens is 626 g/mol. The summed E-state index contributed by atoms with van der Waals surface area (Å²) in [5.74, 6) is 1.08. The summed E-state index contributed by atoms with van der Waals surface area (Å²) < 4.78 is 18.7. The van der Waals surface area contributed by atoms with Gasteiger partial charge in [-0.25, -0.2) is 14.6 Å². The molecule has 2 bridgehead atoms. The lowest BCUT2D eigenvalue weighted by Crippen LogP contribution is -2.46. The molecule has 0 saturated heterocycles. The van der Waals surface area contributed by atoms with Crippen LogP contribution in [0.3, 0.4) is 0 Å². The number of fused-ring (bicyclic) bond motifs is 3. The van der Waals surface area contributed by atoms with Gasteiger partial charge in [0.25, 0.3) is 11.8 Å². The molecule has 0 fully saturated rings. The minimum Gasteiger partial charge on any atom is -0.497 e. The predicted octanol–water partition coefficient (Wildman–Crippen LogP) is 4.39. The molecule has 2 aromatic heterocycles. The van der Waals surface area contributed by atoms with Crippen LogP contribution >= 0.6 is 0 Å². The van der Waals surface area contributed by atoms with Gasteiger partial charge < -0.3 is 29.4 Å². The molecule has 2 N–H and O–H groups in total. The Morgan fingerprint density at radius 3 is 2.49 bits per heavy atom. The van der Waals surface area contributed by atoms with Crippen molar-refractivity contribution in [2.75, 3.05) is 33.4 Å². The third-order valence-corrected chi connectivity index (χ3v) is 8.07. The minimum absolute atomic E-state index is 0.0176. The monoisotopic (exact) mass is 663 g/mol. The molecule has 13 nitrogen and oxygen atoms in total. The highest BCUT2D eigenvalue weighted by atomic mass is 16.5. The predicted molar refractivity (Wildman–Crippen MR) is 180 cm³/mol. The first-order chi connectivity index (χ1) is 23.8. The van der Waals surface area contributed by atoms with Gasteiger partial charge in [0.2, 0.25) is 5.91 Å². The number of carbonyl (C=O) groups excluding carboxylic acids is 3. The highest BCUT2D eigenvalue weighted by Gasteiger charge is 2.30. The third-order valence-electron chi connectivity index (χ3n) is 8.07. The van der Waals surface area contributed by atoms with Crippen LogP contribution < -0.4 is 20.1 Å². The van der Waals surface area contributed by atoms with E-state index in [1.54, 1.807) is 60.3 Å². The van der Waals surface area contributed by atoms with E-state index in [4.69, 9.17) is 24.0 Å². The van der Waals surface area contributed by atoms with Crippen molar-refractivity contribution in [1.82, 2.24) is 35.3 Å². The van der Waals surface area contributed by atoms with Crippen LogP contribution in [0.1, 0.15) is 46.6 Å². The number of aromatic nitrogens is 4. The molecule has 0 spiro atoms. The Hall–Kier alpha value is -5.98. The summed E-state index contributed by atoms with van der Waals surface area (Å²) in [5, 5.41) is 10.7. The largest absolute Gasteiger partial charge is 0.497 e. The number of nitrogens with one attached hydrogen (secondary N) is 2. The molecular formula is C36H37N7O6. The Morgan fingerprint density at radius 2 is 1.73 bits per heavy atom. The lowest BCUT2D eigenvalue weighted by molar-refractivity contribution is -0.123. The number of hydrogen-bond donors (Lipinski definition) is 2. The topological polar surface area (TPSA) is 154 Å². The maximum atomic E-state index is 14.1. The standard InChI is InChI=1S/C36H37N7O6/c1-23(2)30-34-40-33(25-8-5-4-6-9-25)41-43(34)18-19-48-28-11-7-10-26(20-28)35(45)37-16-17-42(21-29(44)39-30)36(46)31-32(49-22-38-31)24-12-14-27(47-3)15-13-24/h4-15,20,22-23,30H,16-19,21H2,1-3H3,(H,37,45)(H,39,44)/t30-/m0/s1. The molecule has 1 aliphatic heterocycles. The van der Waals surface area contributed by atoms with Gasteiger partial charge in [-0.1, -0.05) is 50.2 Å². The minimum atomic E-state index is -0.546. The maximum absolute atomic E-state index is 14.1. The third kappa shape index (κ3) is 7.61. The van der Waals surface area contributed by atoms with Crippen LogP contribution in [-0.2, 0) is 11.3 Å². The van der Waals surface area contributed by atoms with E-state index in [1.165, 1.54) is 11.3 Å². The second-order valence-electron chi connectivity index (χ2n) is 11.8. The number of ether oxygens (including phenoxy) is 2. The second kappa shape index (κ2) is 14.8. The number of nitrogens with zero attached hydrogens (tertiary/aromatic N) is 5. The summed E-state index contributed by atoms with van der Waals surface area (Å²) in [5.41, 5.74) is 1.87. The highest BCUT2D eigenvalue weighted by molar-refractivity contribution is 5.99. The van der Waals surface area contributed by atoms with E-state index >= 15 is 0 Å². The van der Waals surface area contributed by atoms with Gasteiger partial charge in [0.15, 0.2) is 29.5 Å². The quantitative estimate of drug-likeness (QED) is 0.279. The van der Waals surface area contributed by atoms with Crippen molar-refractivity contribution in [1.29, 1.82) is 0 Å². The van der Waals surface area contributed by atoms with E-state index in [0.717, 1.165) is 5.56 Å². The zero-order chi connectivity index (χ0) is 34.3. The summed E-state index contributed by atoms with van der Waals surface area (Å²) in [6, 6.07) is 22.9. The van der Waals surface area contributed by atoms with Crippen LogP contribution in [0.25, 0.3) is 22.7 Å². The Balaban J connectivity index is 1.34. The zero-order valence-electron chi connectivity index (χ0n) is 27.5. The molecule has 0 unspecified atom stereocenters. The summed E-state index contributed by atoms with van der Waals surface area (Å²) in [6.07, 6.45) is 1.19. The van der Waals surface area contributed by atoms with Crippen LogP contribution in [0.5, 0.6) is 11.5 Å². The Labute approximate surface area is 283 Å². The van der Waals surface area contributed by atoms with Gasteiger partial charge in [-0.15, -0.1) is 0 Å². The molecule has 0 radical (unpaired) electrons. The number of carbonyl (C=O) groups is 3. The fourth-order valence-corrected chi connectivity index (χ4v) is 5.51. The SMILES string of the molecule is COc1ccc(-c2ocnc2C(=O)N2CCNC(=O)c3cccc(c3)OCCn3nc(-c4ccccc4)nc3[C@H](C(C)C)NC(=O)C2)cc1. The van der Waals surface area contributed by atoms with E-state index in [2.05, 4.69) is 15.6 Å². The molecule has 252 valence electrons. The van der Waals surface area contributed by atoms with Gasteiger partial charge in [-0.05, 0) is 48.4 Å². The molecule has 0 aliphatic carbocycles. The smallest absolute Gasteiger partial charge is 0.277 e. The van der Waals surface area contributed by atoms with Gasteiger partial charge >= 0.3 is 0 Å². The lowest BCUT2D eigenvalue weighted by atomic mass is 10.0. The zero-order valence-corrected chi connectivity index (χ0v) is 27.5. The van der Waals surface area contributed by atoms with E-state index in [0.29, 0.717) is 40.8 Å². The molecule has 5 aromatic rings. The van der Waals surface area contributed by atoms with Crippen molar-refractivity contribution in [3.05, 3.63) is 102 Å². The number of methoxy groups -OCH3 is 1. The number of amides is 3. The summed E-state index contributed by atoms with van der Waals surface area (Å²) in [4.78, 5) is 51.4. The molecule has 1 atom stereocenters. The summed E-state index contributed by atoms with van der Waals surface area (Å²) >= 11 is 0. The average molecular weight is 664 g/mol. The first kappa shape index (κ1) is 32.9. The fraction of sp³-hybridized carbons (Fsp3) is 0.278. The molecule has 49 heavy (non-hydrogen) atoms. The Morgan fingerprint density at radius 1 is 0.959 bits per heavy atom. The van der Waals surface area contributed by atoms with Crippen molar-refractivity contribution in [3.63, 3.8) is 0 Å². The van der Waals surface area contributed by atoms with Crippen LogP contribution in [0.15, 0.2) is 89.7 Å².